The van der Waals surface area contributed by atoms with Crippen molar-refractivity contribution in [3.8, 4) is 0 Å². The lowest BCUT2D eigenvalue weighted by molar-refractivity contribution is 0.737. The topological polar surface area (TPSA) is 0 Å². The maximum Gasteiger partial charge on any atom is 0.0768 e. The van der Waals surface area contributed by atoms with Gasteiger partial charge in [-0.1, -0.05) is 29.2 Å². The highest BCUT2D eigenvalue weighted by Crippen LogP contribution is 1.81. The van der Waals surface area contributed by atoms with Gasteiger partial charge >= 0.3 is 0 Å². The Hall–Kier alpha value is -0.0651. The first-order valence-electron chi connectivity index (χ1n) is 2.89. The van der Waals surface area contributed by atoms with E-state index in [-0.39, 0.29) is 8.41 Å². The molecular formula is C7H21B. The highest BCUT2D eigenvalue weighted by atomic mass is 13.7. The van der Waals surface area contributed by atoms with Gasteiger partial charge < -0.3 is 0 Å². The van der Waals surface area contributed by atoms with Crippen molar-refractivity contribution in [2.45, 2.75) is 34.6 Å². The van der Waals surface area contributed by atoms with E-state index in [0.29, 0.717) is 0 Å². The lowest BCUT2D eigenvalue weighted by atomic mass is 10.3. The molecule has 0 saturated carbocycles. The van der Waals surface area contributed by atoms with Crippen molar-refractivity contribution >= 4 is 8.41 Å². The van der Waals surface area contributed by atoms with Crippen LogP contribution in [-0.2, 0) is 0 Å². The lowest BCUT2D eigenvalue weighted by Crippen LogP contribution is -1.66. The number of hydrogen-bond acceptors (Lipinski definition) is 0. The standard InChI is InChI=1S/C4H10.C3H7.BH4/c1-4(2)3;1-3-2;/h4H,1-3H3;3H,1-2H3;1H4/q;+1;-1. The van der Waals surface area contributed by atoms with E-state index in [4.69, 9.17) is 0 Å². The molecule has 0 nitrogen and oxygen atoms in total. The lowest BCUT2D eigenvalue weighted by Gasteiger charge is -1.79. The largest absolute Gasteiger partial charge is 0.0768 e. The maximum atomic E-state index is 2.17. The molecule has 0 fully saturated rings. The number of hydrogen-bond donors (Lipinski definition) is 0. The highest BCUT2D eigenvalue weighted by Gasteiger charge is 1.68. The average molecular weight is 116 g/mol. The Morgan fingerprint density at radius 2 is 1.00 bits per heavy atom. The predicted octanol–water partition coefficient (Wildman–Crippen LogP) is 1.44. The van der Waals surface area contributed by atoms with Gasteiger partial charge in [-0.05, 0) is 5.92 Å². The molecule has 0 heterocycles. The molecule has 0 aliphatic carbocycles. The summed E-state index contributed by atoms with van der Waals surface area (Å²) in [5.41, 5.74) is 0. The van der Waals surface area contributed by atoms with Gasteiger partial charge in [-0.3, -0.25) is 0 Å². The Morgan fingerprint density at radius 3 is 1.00 bits per heavy atom. The molecule has 0 aliphatic rings. The first kappa shape index (κ1) is 15.7. The van der Waals surface area contributed by atoms with Crippen molar-refractivity contribution in [2.24, 2.45) is 5.92 Å². The fourth-order valence-electron chi connectivity index (χ4n) is 0. The van der Waals surface area contributed by atoms with Crippen molar-refractivity contribution < 1.29 is 0 Å². The Labute approximate surface area is 56.3 Å². The van der Waals surface area contributed by atoms with Crippen molar-refractivity contribution in [1.29, 1.82) is 0 Å². The van der Waals surface area contributed by atoms with Crippen LogP contribution in [-0.4, -0.2) is 8.41 Å². The van der Waals surface area contributed by atoms with Crippen LogP contribution in [0.4, 0.5) is 0 Å². The van der Waals surface area contributed by atoms with Crippen LogP contribution < -0.4 is 0 Å². The van der Waals surface area contributed by atoms with Gasteiger partial charge in [-0.25, -0.2) is 0 Å². The zero-order valence-corrected chi connectivity index (χ0v) is 6.15. The van der Waals surface area contributed by atoms with Crippen LogP contribution >= 0.6 is 0 Å². The van der Waals surface area contributed by atoms with Crippen LogP contribution in [0.2, 0.25) is 0 Å². The molecule has 0 N–H and O–H groups in total. The molecular weight excluding hydrogens is 94.9 g/mol. The summed E-state index contributed by atoms with van der Waals surface area (Å²) in [5, 5.41) is 0. The van der Waals surface area contributed by atoms with Gasteiger partial charge in [0, 0.05) is 0 Å². The summed E-state index contributed by atoms with van der Waals surface area (Å²) in [6.45, 7) is 10.5. The minimum absolute atomic E-state index is 0. The summed E-state index contributed by atoms with van der Waals surface area (Å²) in [6.07, 6.45) is 2.00. The maximum absolute atomic E-state index is 2.17. The Morgan fingerprint density at radius 1 is 1.00 bits per heavy atom. The van der Waals surface area contributed by atoms with Crippen molar-refractivity contribution in [1.82, 2.24) is 0 Å². The van der Waals surface area contributed by atoms with Crippen LogP contribution in [0, 0.1) is 12.3 Å². The Kier molecular flexibility index (Phi) is 30.9. The molecule has 0 radical (unpaired) electrons. The second-order valence-electron chi connectivity index (χ2n) is 2.31. The molecule has 0 aromatic rings. The minimum atomic E-state index is 0. The molecule has 52 valence electrons. The molecule has 8 heavy (non-hydrogen) atoms. The van der Waals surface area contributed by atoms with Crippen molar-refractivity contribution in [2.75, 3.05) is 0 Å². The molecule has 0 bridgehead atoms. The van der Waals surface area contributed by atoms with Crippen LogP contribution in [0.3, 0.4) is 0 Å². The van der Waals surface area contributed by atoms with E-state index in [9.17, 15) is 0 Å². The van der Waals surface area contributed by atoms with Crippen LogP contribution in [0.25, 0.3) is 0 Å². The zero-order chi connectivity index (χ0) is 6.28. The minimum Gasteiger partial charge on any atom is -0.0630 e. The van der Waals surface area contributed by atoms with Gasteiger partial charge in [0.1, 0.15) is 0 Å². The van der Waals surface area contributed by atoms with Gasteiger partial charge in [-0.15, -0.1) is 0 Å². The van der Waals surface area contributed by atoms with Gasteiger partial charge in [0.05, 0.1) is 20.3 Å². The second-order valence-corrected chi connectivity index (χ2v) is 2.31. The first-order chi connectivity index (χ1) is 3.15. The number of rotatable bonds is 0. The van der Waals surface area contributed by atoms with Crippen molar-refractivity contribution in [3.63, 3.8) is 0 Å². The molecule has 0 spiro atoms. The fraction of sp³-hybridized carbons (Fsp3) is 0.857. The van der Waals surface area contributed by atoms with Crippen LogP contribution in [0.1, 0.15) is 34.6 Å². The third kappa shape index (κ3) is 34100. The zero-order valence-electron chi connectivity index (χ0n) is 6.15. The predicted molar refractivity (Wildman–Crippen MR) is 47.5 cm³/mol. The van der Waals surface area contributed by atoms with E-state index in [1.165, 1.54) is 0 Å². The Balaban J connectivity index is -0.0000000575. The molecule has 0 amide bonds. The fourth-order valence-corrected chi connectivity index (χ4v) is 0. The average Bonchev–Trinajstić information content (AvgIpc) is 1.33. The molecule has 0 atom stereocenters. The van der Waals surface area contributed by atoms with Gasteiger partial charge in [-0.2, -0.15) is 0 Å². The molecule has 0 unspecified atom stereocenters. The molecule has 0 aliphatic heterocycles. The summed E-state index contributed by atoms with van der Waals surface area (Å²) in [6, 6.07) is 0. The molecule has 0 aromatic carbocycles. The van der Waals surface area contributed by atoms with E-state index in [1.54, 1.807) is 0 Å². The summed E-state index contributed by atoms with van der Waals surface area (Å²) in [5.74, 6) is 0.833. The van der Waals surface area contributed by atoms with Gasteiger partial charge in [0.25, 0.3) is 0 Å². The van der Waals surface area contributed by atoms with Crippen LogP contribution in [0.5, 0.6) is 0 Å². The second kappa shape index (κ2) is 15.8. The van der Waals surface area contributed by atoms with E-state index >= 15 is 0 Å². The smallest absolute Gasteiger partial charge is 0.0630 e. The summed E-state index contributed by atoms with van der Waals surface area (Å²) >= 11 is 0. The highest BCUT2D eigenvalue weighted by molar-refractivity contribution is 5.75. The quantitative estimate of drug-likeness (QED) is 0.332. The van der Waals surface area contributed by atoms with E-state index < -0.39 is 0 Å². The van der Waals surface area contributed by atoms with E-state index in [1.807, 2.05) is 20.3 Å². The first-order valence-corrected chi connectivity index (χ1v) is 2.89. The Bertz CT molecular complexity index is 15.6. The van der Waals surface area contributed by atoms with Crippen LogP contribution in [0.15, 0.2) is 0 Å². The summed E-state index contributed by atoms with van der Waals surface area (Å²) in [7, 11) is 0. The molecule has 0 aromatic heterocycles. The summed E-state index contributed by atoms with van der Waals surface area (Å²) < 4.78 is 0. The molecule has 1 heteroatoms. The van der Waals surface area contributed by atoms with Crippen molar-refractivity contribution in [3.05, 3.63) is 6.42 Å². The van der Waals surface area contributed by atoms with E-state index in [0.717, 1.165) is 5.92 Å². The van der Waals surface area contributed by atoms with Gasteiger partial charge in [0.2, 0.25) is 0 Å². The SMILES string of the molecule is CC(C)C.C[CH+]C.[BH4-]. The third-order valence-electron chi connectivity index (χ3n) is 0. The normalized spacial score (nSPS) is 6.25. The third-order valence-corrected chi connectivity index (χ3v) is 0. The van der Waals surface area contributed by atoms with E-state index in [2.05, 4.69) is 20.8 Å². The van der Waals surface area contributed by atoms with Gasteiger partial charge in [0.15, 0.2) is 0 Å². The monoisotopic (exact) mass is 116 g/mol. The molecule has 0 saturated heterocycles. The molecule has 0 rings (SSSR count). The summed E-state index contributed by atoms with van der Waals surface area (Å²) in [4.78, 5) is 0.